The molecule has 0 rings (SSSR count). The molecule has 0 aliphatic rings. The Balaban J connectivity index is 0. The molecule has 0 amide bonds. The average molecular weight is 392 g/mol. The summed E-state index contributed by atoms with van der Waals surface area (Å²) >= 11 is 0. The van der Waals surface area contributed by atoms with E-state index < -0.39 is 32.9 Å². The lowest BCUT2D eigenvalue weighted by Crippen LogP contribution is -2.43. The van der Waals surface area contributed by atoms with Crippen LogP contribution in [0, 0.1) is 0 Å². The number of rotatable bonds is 7. The summed E-state index contributed by atoms with van der Waals surface area (Å²) in [7, 11) is -3.09. The monoisotopic (exact) mass is 392 g/mol. The van der Waals surface area contributed by atoms with Crippen LogP contribution in [0.3, 0.4) is 0 Å². The normalized spacial score (nSPS) is 15.7. The van der Waals surface area contributed by atoms with Crippen molar-refractivity contribution in [2.45, 2.75) is 46.2 Å². The molecule has 1 atom stereocenters. The highest BCUT2D eigenvalue weighted by Gasteiger charge is 2.60. The van der Waals surface area contributed by atoms with E-state index in [0.717, 1.165) is 6.92 Å². The fraction of sp³-hybridized carbons (Fsp3) is 1.00. The molecular weight excluding hydrogens is 367 g/mol. The Hall–Kier alpha value is -0.350. The summed E-state index contributed by atoms with van der Waals surface area (Å²) in [6.07, 6.45) is -16.1. The van der Waals surface area contributed by atoms with Gasteiger partial charge in [-0.25, -0.2) is 4.57 Å². The van der Waals surface area contributed by atoms with Gasteiger partial charge in [0.05, 0.1) is 33.3 Å². The SMILES string of the molecule is CCOP(=O)(O)OC(C(F)(F)F)C(F)(F)F.CC[N+](C)(CC)CC. The van der Waals surface area contributed by atoms with Gasteiger partial charge in [-0.15, -0.1) is 0 Å². The molecule has 0 aliphatic heterocycles. The van der Waals surface area contributed by atoms with E-state index in [1.54, 1.807) is 0 Å². The Morgan fingerprint density at radius 2 is 1.29 bits per heavy atom. The molecule has 5 nitrogen and oxygen atoms in total. The zero-order valence-corrected chi connectivity index (χ0v) is 15.1. The van der Waals surface area contributed by atoms with Crippen molar-refractivity contribution in [1.29, 1.82) is 0 Å². The molecule has 0 spiro atoms. The third kappa shape index (κ3) is 10.5. The van der Waals surface area contributed by atoms with Crippen molar-refractivity contribution in [2.75, 3.05) is 33.3 Å². The van der Waals surface area contributed by atoms with E-state index in [1.807, 2.05) is 0 Å². The van der Waals surface area contributed by atoms with Crippen molar-refractivity contribution in [3.05, 3.63) is 0 Å². The zero-order valence-electron chi connectivity index (χ0n) is 14.2. The van der Waals surface area contributed by atoms with Crippen LogP contribution < -0.4 is 0 Å². The lowest BCUT2D eigenvalue weighted by atomic mass is 10.3. The highest BCUT2D eigenvalue weighted by atomic mass is 31.2. The summed E-state index contributed by atoms with van der Waals surface area (Å²) in [5.41, 5.74) is 0. The molecule has 148 valence electrons. The molecule has 0 radical (unpaired) electrons. The van der Waals surface area contributed by atoms with Crippen LogP contribution in [-0.4, -0.2) is 61.1 Å². The third-order valence-electron chi connectivity index (χ3n) is 3.42. The van der Waals surface area contributed by atoms with Crippen LogP contribution in [0.2, 0.25) is 0 Å². The lowest BCUT2D eigenvalue weighted by molar-refractivity contribution is -0.904. The fourth-order valence-corrected chi connectivity index (χ4v) is 2.20. The van der Waals surface area contributed by atoms with E-state index in [1.165, 1.54) is 24.1 Å². The molecule has 1 N–H and O–H groups in total. The first-order valence-electron chi connectivity index (χ1n) is 7.21. The molecule has 0 heterocycles. The number of phosphoric ester groups is 1. The van der Waals surface area contributed by atoms with Crippen LogP contribution in [0.1, 0.15) is 27.7 Å². The van der Waals surface area contributed by atoms with Gasteiger partial charge >= 0.3 is 20.2 Å². The second-order valence-electron chi connectivity index (χ2n) is 5.02. The van der Waals surface area contributed by atoms with Gasteiger partial charge < -0.3 is 9.38 Å². The van der Waals surface area contributed by atoms with Crippen molar-refractivity contribution < 1.29 is 49.3 Å². The molecule has 0 bridgehead atoms. The molecular formula is C12H25F6NO4P+. The maximum absolute atomic E-state index is 11.9. The van der Waals surface area contributed by atoms with Crippen LogP contribution in [0.15, 0.2) is 0 Å². The number of halogens is 6. The summed E-state index contributed by atoms with van der Waals surface area (Å²) in [6, 6.07) is 0. The van der Waals surface area contributed by atoms with E-state index in [-0.39, 0.29) is 0 Å². The number of nitrogens with zero attached hydrogens (tertiary/aromatic N) is 1. The average Bonchev–Trinajstić information content (AvgIpc) is 2.42. The van der Waals surface area contributed by atoms with Gasteiger partial charge in [-0.05, 0) is 27.7 Å². The molecule has 0 aromatic heterocycles. The molecule has 0 fully saturated rings. The molecule has 24 heavy (non-hydrogen) atoms. The summed E-state index contributed by atoms with van der Waals surface area (Å²) in [6.45, 7) is 11.0. The predicted octanol–water partition coefficient (Wildman–Crippen LogP) is 4.13. The van der Waals surface area contributed by atoms with E-state index >= 15 is 0 Å². The summed E-state index contributed by atoms with van der Waals surface area (Å²) in [4.78, 5) is 8.52. The topological polar surface area (TPSA) is 55.8 Å². The van der Waals surface area contributed by atoms with Crippen molar-refractivity contribution >= 4 is 7.82 Å². The van der Waals surface area contributed by atoms with Crippen LogP contribution in [0.25, 0.3) is 0 Å². The van der Waals surface area contributed by atoms with Gasteiger partial charge in [-0.3, -0.25) is 9.05 Å². The highest BCUT2D eigenvalue weighted by molar-refractivity contribution is 7.47. The van der Waals surface area contributed by atoms with Gasteiger partial charge in [-0.2, -0.15) is 26.3 Å². The number of alkyl halides is 6. The molecule has 0 aromatic rings. The summed E-state index contributed by atoms with van der Waals surface area (Å²) in [5.74, 6) is 0. The second kappa shape index (κ2) is 9.96. The predicted molar refractivity (Wildman–Crippen MR) is 76.2 cm³/mol. The summed E-state index contributed by atoms with van der Waals surface area (Å²) in [5, 5.41) is 0. The maximum atomic E-state index is 11.9. The first-order chi connectivity index (χ1) is 10.6. The Labute approximate surface area is 137 Å². The molecule has 0 saturated carbocycles. The minimum atomic E-state index is -5.85. The smallest absolute Gasteiger partial charge is 0.327 e. The molecule has 1 unspecified atom stereocenters. The Morgan fingerprint density at radius 1 is 0.958 bits per heavy atom. The number of hydrogen-bond donors (Lipinski definition) is 1. The molecule has 12 heteroatoms. The van der Waals surface area contributed by atoms with Crippen LogP contribution in [0.5, 0.6) is 0 Å². The van der Waals surface area contributed by atoms with E-state index in [0.29, 0.717) is 0 Å². The largest absolute Gasteiger partial charge is 0.473 e. The van der Waals surface area contributed by atoms with Gasteiger partial charge in [0.25, 0.3) is 6.10 Å². The van der Waals surface area contributed by atoms with Crippen molar-refractivity contribution in [3.63, 3.8) is 0 Å². The maximum Gasteiger partial charge on any atom is 0.473 e. The number of phosphoric acid groups is 1. The highest BCUT2D eigenvalue weighted by Crippen LogP contribution is 2.50. The Bertz CT molecular complexity index is 376. The second-order valence-corrected chi connectivity index (χ2v) is 6.43. The van der Waals surface area contributed by atoms with Crippen LogP contribution in [0.4, 0.5) is 26.3 Å². The van der Waals surface area contributed by atoms with E-state index in [4.69, 9.17) is 4.89 Å². The van der Waals surface area contributed by atoms with E-state index in [9.17, 15) is 30.9 Å². The van der Waals surface area contributed by atoms with Gasteiger partial charge in [0, 0.05) is 0 Å². The van der Waals surface area contributed by atoms with Gasteiger partial charge in [-0.1, -0.05) is 0 Å². The number of hydrogen-bond acceptors (Lipinski definition) is 3. The fourth-order valence-electron chi connectivity index (χ4n) is 1.30. The summed E-state index contributed by atoms with van der Waals surface area (Å²) < 4.78 is 89.7. The Morgan fingerprint density at radius 3 is 1.46 bits per heavy atom. The molecule has 0 aromatic carbocycles. The van der Waals surface area contributed by atoms with Gasteiger partial charge in [0.2, 0.25) is 0 Å². The lowest BCUT2D eigenvalue weighted by Gasteiger charge is -2.30. The quantitative estimate of drug-likeness (QED) is 0.402. The minimum absolute atomic E-state index is 0.573. The Kier molecular flexibility index (Phi) is 10.7. The van der Waals surface area contributed by atoms with Crippen LogP contribution >= 0.6 is 7.82 Å². The first-order valence-corrected chi connectivity index (χ1v) is 8.70. The van der Waals surface area contributed by atoms with E-state index in [2.05, 4.69) is 36.9 Å². The van der Waals surface area contributed by atoms with Crippen LogP contribution in [-0.2, 0) is 13.6 Å². The first kappa shape index (κ1) is 25.9. The molecule has 0 aliphatic carbocycles. The zero-order chi connectivity index (χ0) is 19.8. The van der Waals surface area contributed by atoms with Gasteiger partial charge in [0.1, 0.15) is 0 Å². The minimum Gasteiger partial charge on any atom is -0.327 e. The standard InChI is InChI=1S/C7H18N.C5H7F6O4P/c1-5-8(4,6-2)7-3;1-2-14-16(12,13)15-3(4(6,7)8)5(9,10)11/h5-7H2,1-4H3;3H,2H2,1H3,(H,12,13)/q+1;. The molecule has 0 saturated heterocycles. The van der Waals surface area contributed by atoms with Crippen molar-refractivity contribution in [3.8, 4) is 0 Å². The third-order valence-corrected chi connectivity index (χ3v) is 4.48. The van der Waals surface area contributed by atoms with Crippen molar-refractivity contribution in [1.82, 2.24) is 0 Å². The van der Waals surface area contributed by atoms with Gasteiger partial charge in [0.15, 0.2) is 0 Å². The number of quaternary nitrogens is 1. The van der Waals surface area contributed by atoms with Crippen molar-refractivity contribution in [2.24, 2.45) is 0 Å².